The lowest BCUT2D eigenvalue weighted by atomic mass is 10.2. The van der Waals surface area contributed by atoms with Crippen LogP contribution < -0.4 is 10.1 Å². The lowest BCUT2D eigenvalue weighted by molar-refractivity contribution is -0.0496. The van der Waals surface area contributed by atoms with Gasteiger partial charge in [0, 0.05) is 6.07 Å². The highest BCUT2D eigenvalue weighted by molar-refractivity contribution is 6.29. The first kappa shape index (κ1) is 15.4. The van der Waals surface area contributed by atoms with E-state index in [0.717, 1.165) is 6.20 Å². The average Bonchev–Trinajstić information content (AvgIpc) is 2.18. The molecule has 0 aromatic carbocycles. The van der Waals surface area contributed by atoms with Crippen LogP contribution >= 0.6 is 11.6 Å². The minimum atomic E-state index is -3.04. The fraction of sp³-hybridized carbons (Fsp3) is 0.455. The van der Waals surface area contributed by atoms with Gasteiger partial charge in [0.15, 0.2) is 5.75 Å². The molecule has 0 atom stereocenters. The molecule has 0 saturated carbocycles. The van der Waals surface area contributed by atoms with E-state index in [1.807, 2.05) is 0 Å². The van der Waals surface area contributed by atoms with E-state index in [4.69, 9.17) is 16.3 Å². The van der Waals surface area contributed by atoms with Gasteiger partial charge in [0.25, 0.3) is 0 Å². The fourth-order valence-corrected chi connectivity index (χ4v) is 1.28. The predicted molar refractivity (Wildman–Crippen MR) is 65.7 cm³/mol. The number of alkyl halides is 2. The van der Waals surface area contributed by atoms with E-state index in [-0.39, 0.29) is 16.6 Å². The smallest absolute Gasteiger partial charge is 0.412 e. The predicted octanol–water partition coefficient (Wildman–Crippen LogP) is 3.68. The SMILES string of the molecule is CC(C)(C)OC(=O)Nc1cc(Cl)ncc1OC(F)F. The molecule has 0 aliphatic rings. The van der Waals surface area contributed by atoms with Crippen molar-refractivity contribution in [3.05, 3.63) is 17.4 Å². The third-order valence-corrected chi connectivity index (χ3v) is 1.89. The van der Waals surface area contributed by atoms with Crippen LogP contribution in [0.2, 0.25) is 5.15 Å². The monoisotopic (exact) mass is 294 g/mol. The molecule has 0 bridgehead atoms. The summed E-state index contributed by atoms with van der Waals surface area (Å²) in [6.07, 6.45) is 0.176. The van der Waals surface area contributed by atoms with Crippen LogP contribution in [-0.4, -0.2) is 23.3 Å². The zero-order valence-electron chi connectivity index (χ0n) is 10.5. The number of carbonyl (C=O) groups is 1. The standard InChI is InChI=1S/C11H13ClF2N2O3/c1-11(2,3)19-10(17)16-6-4-8(12)15-5-7(6)18-9(13)14/h4-5,9H,1-3H3,(H,15,16,17). The molecule has 5 nitrogen and oxygen atoms in total. The third-order valence-electron chi connectivity index (χ3n) is 1.69. The number of pyridine rings is 1. The van der Waals surface area contributed by atoms with Crippen LogP contribution in [-0.2, 0) is 4.74 Å². The van der Waals surface area contributed by atoms with Gasteiger partial charge in [-0.2, -0.15) is 8.78 Å². The van der Waals surface area contributed by atoms with Gasteiger partial charge in [-0.15, -0.1) is 0 Å². The van der Waals surface area contributed by atoms with Gasteiger partial charge in [0.05, 0.1) is 11.9 Å². The van der Waals surface area contributed by atoms with Gasteiger partial charge in [0.2, 0.25) is 0 Å². The third kappa shape index (κ3) is 5.69. The molecule has 0 saturated heterocycles. The van der Waals surface area contributed by atoms with Crippen LogP contribution in [0.5, 0.6) is 5.75 Å². The molecule has 0 aliphatic heterocycles. The summed E-state index contributed by atoms with van der Waals surface area (Å²) >= 11 is 5.62. The number of amides is 1. The number of rotatable bonds is 3. The maximum atomic E-state index is 12.2. The Morgan fingerprint density at radius 3 is 2.63 bits per heavy atom. The highest BCUT2D eigenvalue weighted by atomic mass is 35.5. The van der Waals surface area contributed by atoms with Crippen molar-refractivity contribution in [2.24, 2.45) is 0 Å². The maximum absolute atomic E-state index is 12.2. The second-order valence-corrected chi connectivity index (χ2v) is 4.90. The molecular formula is C11H13ClF2N2O3. The summed E-state index contributed by atoms with van der Waals surface area (Å²) in [6.45, 7) is 1.97. The van der Waals surface area contributed by atoms with Gasteiger partial charge in [-0.3, -0.25) is 5.32 Å². The van der Waals surface area contributed by atoms with Gasteiger partial charge in [0.1, 0.15) is 10.8 Å². The van der Waals surface area contributed by atoms with E-state index >= 15 is 0 Å². The Labute approximate surface area is 113 Å². The Morgan fingerprint density at radius 1 is 1.47 bits per heavy atom. The fourth-order valence-electron chi connectivity index (χ4n) is 1.12. The highest BCUT2D eigenvalue weighted by Crippen LogP contribution is 2.28. The molecule has 1 aromatic heterocycles. The van der Waals surface area contributed by atoms with Gasteiger partial charge in [-0.1, -0.05) is 11.6 Å². The summed E-state index contributed by atoms with van der Waals surface area (Å²) in [4.78, 5) is 15.1. The molecule has 1 amide bonds. The second kappa shape index (κ2) is 6.01. The summed E-state index contributed by atoms with van der Waals surface area (Å²) in [6, 6.07) is 1.18. The number of nitrogens with zero attached hydrogens (tertiary/aromatic N) is 1. The number of hydrogen-bond donors (Lipinski definition) is 1. The van der Waals surface area contributed by atoms with Gasteiger partial charge >= 0.3 is 12.7 Å². The molecule has 106 valence electrons. The van der Waals surface area contributed by atoms with Crippen molar-refractivity contribution in [2.45, 2.75) is 33.0 Å². The molecule has 0 spiro atoms. The van der Waals surface area contributed by atoms with E-state index in [0.29, 0.717) is 0 Å². The topological polar surface area (TPSA) is 60.5 Å². The van der Waals surface area contributed by atoms with Crippen molar-refractivity contribution in [3.8, 4) is 5.75 Å². The number of aromatic nitrogens is 1. The minimum absolute atomic E-state index is 0.0210. The van der Waals surface area contributed by atoms with E-state index in [1.54, 1.807) is 20.8 Å². The summed E-state index contributed by atoms with van der Waals surface area (Å²) in [5.74, 6) is -0.301. The molecule has 1 heterocycles. The Hall–Kier alpha value is -1.63. The number of anilines is 1. The molecule has 0 aliphatic carbocycles. The van der Waals surface area contributed by atoms with Crippen LogP contribution in [0.3, 0.4) is 0 Å². The Balaban J connectivity index is 2.86. The number of hydrogen-bond acceptors (Lipinski definition) is 4. The molecule has 1 N–H and O–H groups in total. The molecule has 19 heavy (non-hydrogen) atoms. The zero-order valence-corrected chi connectivity index (χ0v) is 11.3. The maximum Gasteiger partial charge on any atom is 0.412 e. The molecule has 8 heteroatoms. The van der Waals surface area contributed by atoms with Crippen molar-refractivity contribution < 1.29 is 23.0 Å². The van der Waals surface area contributed by atoms with Crippen molar-refractivity contribution in [1.29, 1.82) is 0 Å². The van der Waals surface area contributed by atoms with Crippen LogP contribution in [0, 0.1) is 0 Å². The number of carbonyl (C=O) groups excluding carboxylic acids is 1. The van der Waals surface area contributed by atoms with Crippen molar-refractivity contribution in [1.82, 2.24) is 4.98 Å². The van der Waals surface area contributed by atoms with Gasteiger partial charge in [-0.25, -0.2) is 9.78 Å². The van der Waals surface area contributed by atoms with E-state index in [1.165, 1.54) is 6.07 Å². The Morgan fingerprint density at radius 2 is 2.11 bits per heavy atom. The number of ether oxygens (including phenoxy) is 2. The minimum Gasteiger partial charge on any atom is -0.444 e. The van der Waals surface area contributed by atoms with Gasteiger partial charge in [-0.05, 0) is 20.8 Å². The van der Waals surface area contributed by atoms with E-state index in [9.17, 15) is 13.6 Å². The van der Waals surface area contributed by atoms with Gasteiger partial charge < -0.3 is 9.47 Å². The first-order valence-electron chi connectivity index (χ1n) is 5.28. The van der Waals surface area contributed by atoms with E-state index in [2.05, 4.69) is 15.0 Å². The largest absolute Gasteiger partial charge is 0.444 e. The summed E-state index contributed by atoms with van der Waals surface area (Å²) in [5.41, 5.74) is -0.764. The summed E-state index contributed by atoms with van der Waals surface area (Å²) in [5, 5.41) is 2.29. The van der Waals surface area contributed by atoms with Crippen LogP contribution in [0.1, 0.15) is 20.8 Å². The normalized spacial score (nSPS) is 11.3. The van der Waals surface area contributed by atoms with Crippen molar-refractivity contribution >= 4 is 23.4 Å². The first-order chi connectivity index (χ1) is 8.67. The van der Waals surface area contributed by atoms with Crippen molar-refractivity contribution in [2.75, 3.05) is 5.32 Å². The Bertz CT molecular complexity index is 464. The summed E-state index contributed by atoms with van der Waals surface area (Å²) in [7, 11) is 0. The van der Waals surface area contributed by atoms with Crippen LogP contribution in [0.25, 0.3) is 0 Å². The molecule has 1 rings (SSSR count). The van der Waals surface area contributed by atoms with Crippen LogP contribution in [0.15, 0.2) is 12.3 Å². The van der Waals surface area contributed by atoms with Crippen LogP contribution in [0.4, 0.5) is 19.3 Å². The number of halogens is 3. The molecule has 1 aromatic rings. The van der Waals surface area contributed by atoms with Crippen molar-refractivity contribution in [3.63, 3.8) is 0 Å². The lowest BCUT2D eigenvalue weighted by Gasteiger charge is -2.20. The quantitative estimate of drug-likeness (QED) is 0.864. The lowest BCUT2D eigenvalue weighted by Crippen LogP contribution is -2.27. The summed E-state index contributed by atoms with van der Waals surface area (Å²) < 4.78 is 33.6. The first-order valence-corrected chi connectivity index (χ1v) is 5.65. The Kier molecular flexibility index (Phi) is 4.88. The second-order valence-electron chi connectivity index (χ2n) is 4.51. The molecule has 0 fully saturated rings. The molecule has 0 unspecified atom stereocenters. The van der Waals surface area contributed by atoms with E-state index < -0.39 is 18.3 Å². The molecular weight excluding hydrogens is 282 g/mol. The number of nitrogens with one attached hydrogen (secondary N) is 1. The molecule has 0 radical (unpaired) electrons. The zero-order chi connectivity index (χ0) is 14.6. The highest BCUT2D eigenvalue weighted by Gasteiger charge is 2.19. The average molecular weight is 295 g/mol.